The van der Waals surface area contributed by atoms with Gasteiger partial charge < -0.3 is 11.1 Å². The third kappa shape index (κ3) is 5.86. The number of rotatable bonds is 8. The number of hydrogen-bond acceptors (Lipinski definition) is 3. The number of carbonyl (C=O) groups is 1. The Bertz CT molecular complexity index is 424. The van der Waals surface area contributed by atoms with Crippen molar-refractivity contribution in [2.45, 2.75) is 46.8 Å². The van der Waals surface area contributed by atoms with Gasteiger partial charge in [-0.05, 0) is 30.1 Å². The van der Waals surface area contributed by atoms with Crippen LogP contribution in [0.5, 0.6) is 0 Å². The van der Waals surface area contributed by atoms with Gasteiger partial charge in [-0.1, -0.05) is 52.0 Å². The van der Waals surface area contributed by atoms with Crippen molar-refractivity contribution in [1.29, 1.82) is 0 Å². The van der Waals surface area contributed by atoms with Crippen LogP contribution < -0.4 is 11.1 Å². The van der Waals surface area contributed by atoms with Gasteiger partial charge >= 0.3 is 0 Å². The Morgan fingerprint density at radius 2 is 1.67 bits per heavy atom. The molecule has 0 saturated heterocycles. The van der Waals surface area contributed by atoms with E-state index in [1.54, 1.807) is 0 Å². The first-order valence-corrected chi connectivity index (χ1v) is 7.81. The molecule has 0 bridgehead atoms. The average molecular weight is 291 g/mol. The summed E-state index contributed by atoms with van der Waals surface area (Å²) in [6, 6.07) is 7.96. The van der Waals surface area contributed by atoms with Crippen LogP contribution in [0.1, 0.15) is 38.8 Å². The fourth-order valence-electron chi connectivity index (χ4n) is 2.08. The van der Waals surface area contributed by atoms with Gasteiger partial charge in [0, 0.05) is 13.1 Å². The highest BCUT2D eigenvalue weighted by Crippen LogP contribution is 2.08. The molecule has 4 heteroatoms. The van der Waals surface area contributed by atoms with E-state index in [1.165, 1.54) is 5.56 Å². The van der Waals surface area contributed by atoms with E-state index in [9.17, 15) is 4.79 Å². The minimum atomic E-state index is -0.438. The van der Waals surface area contributed by atoms with Gasteiger partial charge in [-0.25, -0.2) is 0 Å². The van der Waals surface area contributed by atoms with E-state index in [0.29, 0.717) is 6.54 Å². The van der Waals surface area contributed by atoms with Crippen LogP contribution in [-0.4, -0.2) is 29.9 Å². The molecule has 0 aliphatic carbocycles. The summed E-state index contributed by atoms with van der Waals surface area (Å²) in [5, 5.41) is 2.89. The SMILES string of the molecule is CCN(CC)Cc1ccc(CNC(=O)[C@@H](N)C(C)C)cc1. The van der Waals surface area contributed by atoms with E-state index in [0.717, 1.165) is 25.2 Å². The molecule has 4 nitrogen and oxygen atoms in total. The van der Waals surface area contributed by atoms with Gasteiger partial charge in [-0.2, -0.15) is 0 Å². The molecule has 118 valence electrons. The van der Waals surface area contributed by atoms with Crippen molar-refractivity contribution in [2.75, 3.05) is 13.1 Å². The zero-order valence-corrected chi connectivity index (χ0v) is 13.7. The summed E-state index contributed by atoms with van der Waals surface area (Å²) in [6.45, 7) is 11.9. The van der Waals surface area contributed by atoms with E-state index in [2.05, 4.69) is 48.3 Å². The van der Waals surface area contributed by atoms with Gasteiger partial charge in [0.1, 0.15) is 0 Å². The van der Waals surface area contributed by atoms with Crippen LogP contribution in [-0.2, 0) is 17.9 Å². The topological polar surface area (TPSA) is 58.4 Å². The lowest BCUT2D eigenvalue weighted by Gasteiger charge is -2.18. The Labute approximate surface area is 128 Å². The molecule has 0 aliphatic rings. The molecule has 1 amide bonds. The first-order valence-electron chi connectivity index (χ1n) is 7.81. The lowest BCUT2D eigenvalue weighted by Crippen LogP contribution is -2.43. The van der Waals surface area contributed by atoms with Crippen molar-refractivity contribution >= 4 is 5.91 Å². The standard InChI is InChI=1S/C17H29N3O/c1-5-20(6-2)12-15-9-7-14(8-10-15)11-19-17(21)16(18)13(3)4/h7-10,13,16H,5-6,11-12,18H2,1-4H3,(H,19,21)/t16-/m0/s1. The van der Waals surface area contributed by atoms with Gasteiger partial charge in [0.05, 0.1) is 6.04 Å². The molecule has 1 aromatic rings. The molecule has 1 atom stereocenters. The molecule has 1 aromatic carbocycles. The predicted octanol–water partition coefficient (Wildman–Crippen LogP) is 2.13. The molecular weight excluding hydrogens is 262 g/mol. The van der Waals surface area contributed by atoms with Crippen molar-refractivity contribution in [3.05, 3.63) is 35.4 Å². The summed E-state index contributed by atoms with van der Waals surface area (Å²) < 4.78 is 0. The van der Waals surface area contributed by atoms with Crippen molar-refractivity contribution < 1.29 is 4.79 Å². The quantitative estimate of drug-likeness (QED) is 0.771. The Morgan fingerprint density at radius 1 is 1.14 bits per heavy atom. The Morgan fingerprint density at radius 3 is 2.14 bits per heavy atom. The van der Waals surface area contributed by atoms with Crippen LogP contribution in [0.3, 0.4) is 0 Å². The Balaban J connectivity index is 2.49. The minimum absolute atomic E-state index is 0.0859. The third-order valence-electron chi connectivity index (χ3n) is 3.81. The number of nitrogens with two attached hydrogens (primary N) is 1. The summed E-state index contributed by atoms with van der Waals surface area (Å²) in [5.74, 6) is 0.0682. The molecule has 0 aliphatic heterocycles. The second-order valence-electron chi connectivity index (χ2n) is 5.77. The van der Waals surface area contributed by atoms with Crippen LogP contribution in [0.2, 0.25) is 0 Å². The molecule has 0 aromatic heterocycles. The summed E-state index contributed by atoms with van der Waals surface area (Å²) >= 11 is 0. The lowest BCUT2D eigenvalue weighted by atomic mass is 10.0. The fourth-order valence-corrected chi connectivity index (χ4v) is 2.08. The lowest BCUT2D eigenvalue weighted by molar-refractivity contribution is -0.123. The molecule has 0 fully saturated rings. The van der Waals surface area contributed by atoms with Crippen LogP contribution in [0.4, 0.5) is 0 Å². The van der Waals surface area contributed by atoms with Gasteiger partial charge in [0.25, 0.3) is 0 Å². The predicted molar refractivity (Wildman–Crippen MR) is 87.7 cm³/mol. The van der Waals surface area contributed by atoms with Gasteiger partial charge in [0.15, 0.2) is 0 Å². The van der Waals surface area contributed by atoms with E-state index in [1.807, 2.05) is 13.8 Å². The maximum atomic E-state index is 11.8. The molecule has 0 radical (unpaired) electrons. The summed E-state index contributed by atoms with van der Waals surface area (Å²) in [4.78, 5) is 14.2. The Kier molecular flexibility index (Phi) is 7.40. The number of nitrogens with zero attached hydrogens (tertiary/aromatic N) is 1. The van der Waals surface area contributed by atoms with Crippen LogP contribution >= 0.6 is 0 Å². The monoisotopic (exact) mass is 291 g/mol. The summed E-state index contributed by atoms with van der Waals surface area (Å²) in [5.41, 5.74) is 8.21. The number of nitrogens with one attached hydrogen (secondary N) is 1. The molecule has 0 unspecified atom stereocenters. The van der Waals surface area contributed by atoms with Crippen molar-refractivity contribution in [3.8, 4) is 0 Å². The van der Waals surface area contributed by atoms with Gasteiger partial charge in [0.2, 0.25) is 5.91 Å². The fraction of sp³-hybridized carbons (Fsp3) is 0.588. The molecule has 0 spiro atoms. The Hall–Kier alpha value is -1.39. The minimum Gasteiger partial charge on any atom is -0.351 e. The summed E-state index contributed by atoms with van der Waals surface area (Å²) in [7, 11) is 0. The normalized spacial score (nSPS) is 12.7. The average Bonchev–Trinajstić information content (AvgIpc) is 2.50. The maximum absolute atomic E-state index is 11.8. The van der Waals surface area contributed by atoms with E-state index < -0.39 is 6.04 Å². The zero-order valence-electron chi connectivity index (χ0n) is 13.7. The largest absolute Gasteiger partial charge is 0.351 e. The van der Waals surface area contributed by atoms with E-state index in [4.69, 9.17) is 5.73 Å². The first-order chi connectivity index (χ1) is 9.97. The first kappa shape index (κ1) is 17.7. The van der Waals surface area contributed by atoms with Gasteiger partial charge in [-0.15, -0.1) is 0 Å². The van der Waals surface area contributed by atoms with Crippen molar-refractivity contribution in [1.82, 2.24) is 10.2 Å². The number of hydrogen-bond donors (Lipinski definition) is 2. The third-order valence-corrected chi connectivity index (χ3v) is 3.81. The number of benzene rings is 1. The molecular formula is C17H29N3O. The highest BCUT2D eigenvalue weighted by atomic mass is 16.2. The van der Waals surface area contributed by atoms with Crippen LogP contribution in [0, 0.1) is 5.92 Å². The second-order valence-corrected chi connectivity index (χ2v) is 5.77. The van der Waals surface area contributed by atoms with Crippen LogP contribution in [0.25, 0.3) is 0 Å². The smallest absolute Gasteiger partial charge is 0.237 e. The highest BCUT2D eigenvalue weighted by molar-refractivity contribution is 5.81. The maximum Gasteiger partial charge on any atom is 0.237 e. The zero-order chi connectivity index (χ0) is 15.8. The molecule has 0 heterocycles. The molecule has 3 N–H and O–H groups in total. The van der Waals surface area contributed by atoms with E-state index >= 15 is 0 Å². The molecule has 1 rings (SSSR count). The summed E-state index contributed by atoms with van der Waals surface area (Å²) in [6.07, 6.45) is 0. The van der Waals surface area contributed by atoms with E-state index in [-0.39, 0.29) is 11.8 Å². The number of amides is 1. The van der Waals surface area contributed by atoms with Crippen molar-refractivity contribution in [3.63, 3.8) is 0 Å². The molecule has 21 heavy (non-hydrogen) atoms. The van der Waals surface area contributed by atoms with Crippen molar-refractivity contribution in [2.24, 2.45) is 11.7 Å². The van der Waals surface area contributed by atoms with Crippen LogP contribution in [0.15, 0.2) is 24.3 Å². The highest BCUT2D eigenvalue weighted by Gasteiger charge is 2.16. The second kappa shape index (κ2) is 8.80. The molecule has 0 saturated carbocycles. The van der Waals surface area contributed by atoms with Gasteiger partial charge in [-0.3, -0.25) is 9.69 Å². The number of carbonyl (C=O) groups excluding carboxylic acids is 1.